The van der Waals surface area contributed by atoms with Gasteiger partial charge in [0.25, 0.3) is 0 Å². The number of amides is 2. The Kier molecular flexibility index (Phi) is 4.77. The van der Waals surface area contributed by atoms with Gasteiger partial charge in [-0.3, -0.25) is 0 Å². The van der Waals surface area contributed by atoms with E-state index in [9.17, 15) is 4.79 Å². The summed E-state index contributed by atoms with van der Waals surface area (Å²) in [5.74, 6) is 0.814. The summed E-state index contributed by atoms with van der Waals surface area (Å²) < 4.78 is 0. The maximum absolute atomic E-state index is 12.3. The van der Waals surface area contributed by atoms with Crippen LogP contribution in [0.3, 0.4) is 0 Å². The van der Waals surface area contributed by atoms with Gasteiger partial charge >= 0.3 is 6.03 Å². The van der Waals surface area contributed by atoms with E-state index in [0.29, 0.717) is 43.1 Å². The molecule has 25 heavy (non-hydrogen) atoms. The van der Waals surface area contributed by atoms with E-state index in [0.717, 1.165) is 5.82 Å². The molecule has 1 aliphatic heterocycles. The molecule has 1 aromatic heterocycles. The van der Waals surface area contributed by atoms with Crippen LogP contribution in [-0.2, 0) is 0 Å². The van der Waals surface area contributed by atoms with Gasteiger partial charge in [-0.15, -0.1) is 0 Å². The average molecular weight is 332 g/mol. The summed E-state index contributed by atoms with van der Waals surface area (Å²) in [5, 5.41) is 11.7. The molecule has 2 amide bonds. The SMILES string of the molecule is [C-]#[N+]c1ccc(NC(=O)N2CCN(c3ccc(C#N)cn3)CC2)cc1. The highest BCUT2D eigenvalue weighted by Gasteiger charge is 2.21. The van der Waals surface area contributed by atoms with Gasteiger partial charge in [-0.2, -0.15) is 5.26 Å². The Labute approximate surface area is 145 Å². The third-order valence-electron chi connectivity index (χ3n) is 4.02. The molecule has 7 heteroatoms. The summed E-state index contributed by atoms with van der Waals surface area (Å²) in [6.07, 6.45) is 1.56. The largest absolute Gasteiger partial charge is 0.353 e. The number of nitriles is 1. The van der Waals surface area contributed by atoms with Crippen LogP contribution >= 0.6 is 0 Å². The number of aromatic nitrogens is 1. The summed E-state index contributed by atoms with van der Waals surface area (Å²) in [4.78, 5) is 23.8. The highest BCUT2D eigenvalue weighted by molar-refractivity contribution is 5.89. The van der Waals surface area contributed by atoms with Gasteiger partial charge < -0.3 is 15.1 Å². The minimum atomic E-state index is -0.150. The molecule has 0 bridgehead atoms. The second-order valence-corrected chi connectivity index (χ2v) is 5.58. The van der Waals surface area contributed by atoms with Crippen molar-refractivity contribution in [3.8, 4) is 6.07 Å². The van der Waals surface area contributed by atoms with Crippen LogP contribution in [0.2, 0.25) is 0 Å². The van der Waals surface area contributed by atoms with E-state index in [-0.39, 0.29) is 6.03 Å². The van der Waals surface area contributed by atoms with Crippen molar-refractivity contribution in [3.05, 3.63) is 59.6 Å². The number of anilines is 2. The van der Waals surface area contributed by atoms with Crippen LogP contribution in [0, 0.1) is 17.9 Å². The molecule has 0 aliphatic carbocycles. The first-order valence-corrected chi connectivity index (χ1v) is 7.84. The number of nitrogens with zero attached hydrogens (tertiary/aromatic N) is 5. The number of hydrogen-bond donors (Lipinski definition) is 1. The molecule has 2 heterocycles. The predicted molar refractivity (Wildman–Crippen MR) is 94.5 cm³/mol. The maximum Gasteiger partial charge on any atom is 0.321 e. The first kappa shape index (κ1) is 16.3. The molecular formula is C18H16N6O. The summed E-state index contributed by atoms with van der Waals surface area (Å²) in [6.45, 7) is 9.48. The van der Waals surface area contributed by atoms with Crippen molar-refractivity contribution in [2.75, 3.05) is 36.4 Å². The monoisotopic (exact) mass is 332 g/mol. The van der Waals surface area contributed by atoms with E-state index >= 15 is 0 Å². The van der Waals surface area contributed by atoms with Gasteiger partial charge in [-0.1, -0.05) is 12.1 Å². The molecule has 0 atom stereocenters. The van der Waals surface area contributed by atoms with E-state index in [4.69, 9.17) is 11.8 Å². The smallest absolute Gasteiger partial charge is 0.321 e. The number of rotatable bonds is 2. The molecular weight excluding hydrogens is 316 g/mol. The number of benzene rings is 1. The van der Waals surface area contributed by atoms with Crippen molar-refractivity contribution in [2.24, 2.45) is 0 Å². The second kappa shape index (κ2) is 7.33. The Morgan fingerprint density at radius 1 is 1.16 bits per heavy atom. The maximum atomic E-state index is 12.3. The molecule has 0 radical (unpaired) electrons. The van der Waals surface area contributed by atoms with E-state index in [1.807, 2.05) is 6.07 Å². The summed E-state index contributed by atoms with van der Waals surface area (Å²) >= 11 is 0. The Morgan fingerprint density at radius 2 is 1.88 bits per heavy atom. The number of carbonyl (C=O) groups is 1. The molecule has 0 unspecified atom stereocenters. The highest BCUT2D eigenvalue weighted by Crippen LogP contribution is 2.18. The minimum absolute atomic E-state index is 0.150. The van der Waals surface area contributed by atoms with Gasteiger partial charge in [-0.05, 0) is 24.3 Å². The third kappa shape index (κ3) is 3.85. The summed E-state index contributed by atoms with van der Waals surface area (Å²) in [5.41, 5.74) is 1.75. The van der Waals surface area contributed by atoms with Gasteiger partial charge in [0.05, 0.1) is 12.1 Å². The molecule has 124 valence electrons. The Bertz CT molecular complexity index is 824. The molecule has 1 N–H and O–H groups in total. The first-order chi connectivity index (χ1) is 12.2. The number of nitrogens with one attached hydrogen (secondary N) is 1. The van der Waals surface area contributed by atoms with Crippen LogP contribution < -0.4 is 10.2 Å². The van der Waals surface area contributed by atoms with Crippen LogP contribution in [0.25, 0.3) is 4.85 Å². The zero-order valence-corrected chi connectivity index (χ0v) is 13.5. The zero-order valence-electron chi connectivity index (χ0n) is 13.5. The van der Waals surface area contributed by atoms with Crippen molar-refractivity contribution in [2.45, 2.75) is 0 Å². The molecule has 0 saturated carbocycles. The zero-order chi connectivity index (χ0) is 17.6. The molecule has 1 aliphatic rings. The van der Waals surface area contributed by atoms with Crippen molar-refractivity contribution in [1.82, 2.24) is 9.88 Å². The van der Waals surface area contributed by atoms with Crippen LogP contribution in [0.5, 0.6) is 0 Å². The molecule has 1 saturated heterocycles. The van der Waals surface area contributed by atoms with Gasteiger partial charge in [0.2, 0.25) is 0 Å². The first-order valence-electron chi connectivity index (χ1n) is 7.84. The van der Waals surface area contributed by atoms with E-state index in [1.165, 1.54) is 0 Å². The van der Waals surface area contributed by atoms with Crippen molar-refractivity contribution >= 4 is 23.2 Å². The second-order valence-electron chi connectivity index (χ2n) is 5.58. The topological polar surface area (TPSA) is 76.6 Å². The lowest BCUT2D eigenvalue weighted by molar-refractivity contribution is 0.208. The molecule has 1 aromatic carbocycles. The number of hydrogen-bond acceptors (Lipinski definition) is 4. The van der Waals surface area contributed by atoms with E-state index in [2.05, 4.69) is 26.1 Å². The average Bonchev–Trinajstić information content (AvgIpc) is 2.69. The fourth-order valence-electron chi connectivity index (χ4n) is 2.60. The fraction of sp³-hybridized carbons (Fsp3) is 0.222. The van der Waals surface area contributed by atoms with Crippen molar-refractivity contribution in [3.63, 3.8) is 0 Å². The predicted octanol–water partition coefficient (Wildman–Crippen LogP) is 2.86. The highest BCUT2D eigenvalue weighted by atomic mass is 16.2. The Hall–Kier alpha value is -3.58. The summed E-state index contributed by atoms with van der Waals surface area (Å²) in [6, 6.07) is 12.3. The number of urea groups is 1. The normalized spacial score (nSPS) is 13.7. The van der Waals surface area contributed by atoms with Gasteiger partial charge in [-0.25, -0.2) is 14.6 Å². The lowest BCUT2D eigenvalue weighted by Gasteiger charge is -2.35. The molecule has 1 fully saturated rings. The fourth-order valence-corrected chi connectivity index (χ4v) is 2.60. The third-order valence-corrected chi connectivity index (χ3v) is 4.02. The Balaban J connectivity index is 1.55. The molecule has 0 spiro atoms. The molecule has 3 rings (SSSR count). The lowest BCUT2D eigenvalue weighted by Crippen LogP contribution is -2.50. The van der Waals surface area contributed by atoms with Crippen molar-refractivity contribution < 1.29 is 4.79 Å². The summed E-state index contributed by atoms with van der Waals surface area (Å²) in [7, 11) is 0. The number of carbonyl (C=O) groups excluding carboxylic acids is 1. The van der Waals surface area contributed by atoms with Crippen molar-refractivity contribution in [1.29, 1.82) is 5.26 Å². The molecule has 2 aromatic rings. The Morgan fingerprint density at radius 3 is 2.44 bits per heavy atom. The quantitative estimate of drug-likeness (QED) is 0.858. The standard InChI is InChI=1S/C18H16N6O/c1-20-15-3-5-16(6-4-15)22-18(25)24-10-8-23(9-11-24)17-7-2-14(12-19)13-21-17/h2-7,13H,8-11H2,(H,22,25). The van der Waals surface area contributed by atoms with Gasteiger partial charge in [0.1, 0.15) is 11.9 Å². The molecule has 7 nitrogen and oxygen atoms in total. The van der Waals surface area contributed by atoms with Gasteiger partial charge in [0.15, 0.2) is 5.69 Å². The number of pyridine rings is 1. The van der Waals surface area contributed by atoms with Crippen LogP contribution in [0.15, 0.2) is 42.6 Å². The van der Waals surface area contributed by atoms with Crippen LogP contribution in [0.4, 0.5) is 22.0 Å². The number of piperazine rings is 1. The van der Waals surface area contributed by atoms with E-state index < -0.39 is 0 Å². The minimum Gasteiger partial charge on any atom is -0.353 e. The van der Waals surface area contributed by atoms with Gasteiger partial charge in [0, 0.05) is 38.1 Å². The van der Waals surface area contributed by atoms with Crippen LogP contribution in [0.1, 0.15) is 5.56 Å². The van der Waals surface area contributed by atoms with Crippen LogP contribution in [-0.4, -0.2) is 42.1 Å². The van der Waals surface area contributed by atoms with E-state index in [1.54, 1.807) is 41.4 Å². The lowest BCUT2D eigenvalue weighted by atomic mass is 10.2.